The van der Waals surface area contributed by atoms with Gasteiger partial charge in [0.05, 0.1) is 5.71 Å². The predicted octanol–water partition coefficient (Wildman–Crippen LogP) is 3.41. The number of guanidine groups is 1. The Labute approximate surface area is 164 Å². The molecule has 28 heavy (non-hydrogen) atoms. The molecule has 5 N–H and O–H groups in total. The van der Waals surface area contributed by atoms with Crippen LogP contribution in [0.25, 0.3) is 0 Å². The molecule has 3 rings (SSSR count). The number of furan rings is 1. The van der Waals surface area contributed by atoms with Crippen LogP contribution in [0.3, 0.4) is 0 Å². The first-order chi connectivity index (χ1) is 13.1. The predicted molar refractivity (Wildman–Crippen MR) is 112 cm³/mol. The quantitative estimate of drug-likeness (QED) is 0.429. The van der Waals surface area contributed by atoms with E-state index in [4.69, 9.17) is 15.9 Å². The Bertz CT molecular complexity index is 994. The van der Waals surface area contributed by atoms with E-state index in [9.17, 15) is 4.79 Å². The summed E-state index contributed by atoms with van der Waals surface area (Å²) < 4.78 is 6.00. The van der Waals surface area contributed by atoms with E-state index in [1.165, 1.54) is 0 Å². The summed E-state index contributed by atoms with van der Waals surface area (Å²) in [5.41, 5.74) is 16.0. The fourth-order valence-corrected chi connectivity index (χ4v) is 3.67. The lowest BCUT2D eigenvalue weighted by atomic mass is 9.75. The number of carbonyl (C=O) groups excluding carboxylic acids is 1. The number of rotatable bonds is 3. The number of fused-ring (bicyclic) bond motifs is 1. The van der Waals surface area contributed by atoms with E-state index in [0.29, 0.717) is 18.6 Å². The molecule has 0 radical (unpaired) electrons. The highest BCUT2D eigenvalue weighted by atomic mass is 16.4. The van der Waals surface area contributed by atoms with Crippen LogP contribution < -0.4 is 16.8 Å². The number of hydrogen-bond donors (Lipinski definition) is 3. The van der Waals surface area contributed by atoms with Crippen LogP contribution in [0.1, 0.15) is 58.8 Å². The number of nitrogens with two attached hydrogens (primary N) is 2. The van der Waals surface area contributed by atoms with Crippen LogP contribution >= 0.6 is 0 Å². The highest BCUT2D eigenvalue weighted by Crippen LogP contribution is 2.39. The zero-order valence-corrected chi connectivity index (χ0v) is 17.0. The summed E-state index contributed by atoms with van der Waals surface area (Å²) in [6.45, 7) is 10.1. The molecule has 1 aromatic heterocycles. The molecule has 148 valence electrons. The molecule has 1 aliphatic carbocycles. The van der Waals surface area contributed by atoms with Crippen molar-refractivity contribution in [3.05, 3.63) is 52.0 Å². The molecule has 1 amide bonds. The van der Waals surface area contributed by atoms with Gasteiger partial charge in [-0.15, -0.1) is 5.10 Å². The number of carbonyl (C=O) groups is 1. The highest BCUT2D eigenvalue weighted by molar-refractivity contribution is 6.09. The molecule has 1 aliphatic rings. The van der Waals surface area contributed by atoms with Crippen molar-refractivity contribution in [2.45, 2.75) is 47.5 Å². The number of anilines is 1. The second-order valence-corrected chi connectivity index (χ2v) is 8.22. The minimum Gasteiger partial charge on any atom is -0.455 e. The van der Waals surface area contributed by atoms with E-state index >= 15 is 0 Å². The number of nitrogens with zero attached hydrogens (tertiary/aromatic N) is 2. The van der Waals surface area contributed by atoms with Gasteiger partial charge in [-0.1, -0.05) is 31.5 Å². The Morgan fingerprint density at radius 3 is 2.54 bits per heavy atom. The molecule has 0 saturated heterocycles. The summed E-state index contributed by atoms with van der Waals surface area (Å²) in [7, 11) is 0. The van der Waals surface area contributed by atoms with Gasteiger partial charge in [0.25, 0.3) is 5.91 Å². The van der Waals surface area contributed by atoms with E-state index in [0.717, 1.165) is 39.4 Å². The molecule has 0 aliphatic heterocycles. The summed E-state index contributed by atoms with van der Waals surface area (Å²) in [5.74, 6) is 0.647. The number of hydrogen-bond acceptors (Lipinski definition) is 4. The fraction of sp³-hybridized carbons (Fsp3) is 0.381. The van der Waals surface area contributed by atoms with Crippen molar-refractivity contribution >= 4 is 23.3 Å². The molecule has 1 aromatic carbocycles. The van der Waals surface area contributed by atoms with E-state index in [2.05, 4.69) is 29.4 Å². The normalized spacial score (nSPS) is 16.5. The van der Waals surface area contributed by atoms with Crippen molar-refractivity contribution in [3.8, 4) is 0 Å². The largest absolute Gasteiger partial charge is 0.455 e. The maximum atomic E-state index is 12.9. The van der Waals surface area contributed by atoms with Crippen molar-refractivity contribution in [3.63, 3.8) is 0 Å². The van der Waals surface area contributed by atoms with Crippen LogP contribution in [-0.4, -0.2) is 17.6 Å². The van der Waals surface area contributed by atoms with Gasteiger partial charge in [-0.3, -0.25) is 4.79 Å². The Morgan fingerprint density at radius 1 is 1.18 bits per heavy atom. The fourth-order valence-electron chi connectivity index (χ4n) is 3.67. The molecule has 0 fully saturated rings. The number of amides is 1. The third-order valence-corrected chi connectivity index (χ3v) is 4.92. The average Bonchev–Trinajstić information content (AvgIpc) is 2.90. The first-order valence-electron chi connectivity index (χ1n) is 9.24. The zero-order valence-electron chi connectivity index (χ0n) is 17.0. The lowest BCUT2D eigenvalue weighted by Crippen LogP contribution is -2.27. The van der Waals surface area contributed by atoms with Gasteiger partial charge in [0.1, 0.15) is 5.76 Å². The Morgan fingerprint density at radius 2 is 1.89 bits per heavy atom. The van der Waals surface area contributed by atoms with Gasteiger partial charge >= 0.3 is 0 Å². The van der Waals surface area contributed by atoms with Crippen molar-refractivity contribution in [1.82, 2.24) is 0 Å². The lowest BCUT2D eigenvalue weighted by molar-refractivity contribution is 0.0992. The van der Waals surface area contributed by atoms with Gasteiger partial charge in [0.15, 0.2) is 5.76 Å². The first kappa shape index (κ1) is 19.7. The smallest absolute Gasteiger partial charge is 0.291 e. The first-order valence-corrected chi connectivity index (χ1v) is 9.24. The molecule has 0 unspecified atom stereocenters. The van der Waals surface area contributed by atoms with E-state index in [1.807, 2.05) is 39.0 Å². The molecule has 1 heterocycles. The molecular weight excluding hydrogens is 354 g/mol. The van der Waals surface area contributed by atoms with Crippen molar-refractivity contribution < 1.29 is 9.21 Å². The Kier molecular flexibility index (Phi) is 5.02. The average molecular weight is 381 g/mol. The van der Waals surface area contributed by atoms with Gasteiger partial charge in [-0.05, 0) is 44.2 Å². The number of benzene rings is 1. The van der Waals surface area contributed by atoms with Gasteiger partial charge in [-0.2, -0.15) is 5.10 Å². The zero-order chi connectivity index (χ0) is 20.6. The molecule has 0 spiro atoms. The van der Waals surface area contributed by atoms with Crippen LogP contribution in [0.15, 0.2) is 32.8 Å². The van der Waals surface area contributed by atoms with Crippen LogP contribution in [0, 0.1) is 26.2 Å². The Hall–Kier alpha value is -3.09. The monoisotopic (exact) mass is 381 g/mol. The summed E-state index contributed by atoms with van der Waals surface area (Å²) in [5, 5.41) is 11.0. The minimum absolute atomic E-state index is 0.0731. The van der Waals surface area contributed by atoms with Crippen LogP contribution in [0.5, 0.6) is 0 Å². The lowest BCUT2D eigenvalue weighted by Gasteiger charge is -2.29. The standard InChI is InChI=1S/C21H27N5O2/c1-11-6-7-14(12(2)8-11)24-19(27)18-13(3)17-15(25-26-20(22)23)9-21(4,5)10-16(17)28-18/h6-8H,9-10H2,1-5H3,(H,24,27)(H4,22,23,26)/b25-15-. The molecule has 0 bridgehead atoms. The summed E-state index contributed by atoms with van der Waals surface area (Å²) in [6, 6.07) is 5.89. The third-order valence-electron chi connectivity index (χ3n) is 4.92. The van der Waals surface area contributed by atoms with Gasteiger partial charge in [0, 0.05) is 23.2 Å². The summed E-state index contributed by atoms with van der Waals surface area (Å²) in [4.78, 5) is 12.9. The maximum Gasteiger partial charge on any atom is 0.291 e. The van der Waals surface area contributed by atoms with Crippen molar-refractivity contribution in [1.29, 1.82) is 0 Å². The van der Waals surface area contributed by atoms with Gasteiger partial charge in [-0.25, -0.2) is 0 Å². The number of nitrogens with one attached hydrogen (secondary N) is 1. The molecule has 7 heteroatoms. The SMILES string of the molecule is Cc1ccc(NC(=O)c2oc3c(c2C)/C(=N\N=C(N)N)CC(C)(C)C3)c(C)c1. The molecule has 2 aromatic rings. The summed E-state index contributed by atoms with van der Waals surface area (Å²) >= 11 is 0. The van der Waals surface area contributed by atoms with Crippen LogP contribution in [0.4, 0.5) is 5.69 Å². The molecule has 0 saturated carbocycles. The second kappa shape index (κ2) is 7.14. The van der Waals surface area contributed by atoms with E-state index in [-0.39, 0.29) is 17.3 Å². The minimum atomic E-state index is -0.280. The van der Waals surface area contributed by atoms with Gasteiger partial charge in [0.2, 0.25) is 5.96 Å². The van der Waals surface area contributed by atoms with Crippen molar-refractivity contribution in [2.75, 3.05) is 5.32 Å². The number of aryl methyl sites for hydroxylation is 2. The van der Waals surface area contributed by atoms with E-state index < -0.39 is 0 Å². The van der Waals surface area contributed by atoms with Crippen LogP contribution in [-0.2, 0) is 6.42 Å². The molecule has 7 nitrogen and oxygen atoms in total. The topological polar surface area (TPSA) is 119 Å². The molecular formula is C21H27N5O2. The van der Waals surface area contributed by atoms with E-state index in [1.54, 1.807) is 0 Å². The highest BCUT2D eigenvalue weighted by Gasteiger charge is 2.36. The summed E-state index contributed by atoms with van der Waals surface area (Å²) in [6.07, 6.45) is 1.40. The van der Waals surface area contributed by atoms with Crippen LogP contribution in [0.2, 0.25) is 0 Å². The third kappa shape index (κ3) is 3.93. The Balaban J connectivity index is 2.00. The molecule has 0 atom stereocenters. The second-order valence-electron chi connectivity index (χ2n) is 8.22. The van der Waals surface area contributed by atoms with Gasteiger partial charge < -0.3 is 21.2 Å². The van der Waals surface area contributed by atoms with Crippen molar-refractivity contribution in [2.24, 2.45) is 27.1 Å². The maximum absolute atomic E-state index is 12.9.